The fourth-order valence-electron chi connectivity index (χ4n) is 3.89. The van der Waals surface area contributed by atoms with Crippen molar-refractivity contribution in [2.45, 2.75) is 37.8 Å². The van der Waals surface area contributed by atoms with E-state index in [2.05, 4.69) is 0 Å². The predicted molar refractivity (Wildman–Crippen MR) is 126 cm³/mol. The standard InChI is InChI=1S/C24H32N2O6S/c1-16-13-26(17(2)15-27)33(29,30)24-11-10-19(20-8-6-7-9-21(20)31-5)12-22(24)32-23(16)14-25(4)18(3)28/h6-12,16-17,23,27H,13-15H2,1-5H3/t16-,17+,23+/m1/s1. The molecule has 3 rings (SSSR count). The monoisotopic (exact) mass is 476 g/mol. The summed E-state index contributed by atoms with van der Waals surface area (Å²) in [6.07, 6.45) is -0.450. The van der Waals surface area contributed by atoms with Crippen molar-refractivity contribution in [1.29, 1.82) is 0 Å². The van der Waals surface area contributed by atoms with Crippen LogP contribution in [0.5, 0.6) is 11.5 Å². The van der Waals surface area contributed by atoms with Crippen molar-refractivity contribution in [3.8, 4) is 22.6 Å². The van der Waals surface area contributed by atoms with Crippen molar-refractivity contribution in [3.63, 3.8) is 0 Å². The molecule has 0 aliphatic carbocycles. The van der Waals surface area contributed by atoms with Gasteiger partial charge in [0.2, 0.25) is 15.9 Å². The number of rotatable bonds is 6. The first-order valence-electron chi connectivity index (χ1n) is 10.9. The number of amides is 1. The van der Waals surface area contributed by atoms with Gasteiger partial charge in [0.05, 0.1) is 20.3 Å². The van der Waals surface area contributed by atoms with E-state index in [1.54, 1.807) is 38.1 Å². The summed E-state index contributed by atoms with van der Waals surface area (Å²) in [6, 6.07) is 11.8. The zero-order valence-corrected chi connectivity index (χ0v) is 20.5. The molecule has 2 aromatic carbocycles. The highest BCUT2D eigenvalue weighted by Gasteiger charge is 2.38. The van der Waals surface area contributed by atoms with E-state index in [4.69, 9.17) is 9.47 Å². The second-order valence-electron chi connectivity index (χ2n) is 8.50. The summed E-state index contributed by atoms with van der Waals surface area (Å²) >= 11 is 0. The second kappa shape index (κ2) is 10.1. The van der Waals surface area contributed by atoms with Gasteiger partial charge in [-0.15, -0.1) is 0 Å². The Morgan fingerprint density at radius 2 is 2.00 bits per heavy atom. The average molecular weight is 477 g/mol. The Labute approximate surface area is 195 Å². The molecule has 33 heavy (non-hydrogen) atoms. The van der Waals surface area contributed by atoms with Crippen LogP contribution in [-0.4, -0.2) is 74.6 Å². The maximum Gasteiger partial charge on any atom is 0.247 e. The number of likely N-dealkylation sites (N-methyl/N-ethyl adjacent to an activating group) is 1. The van der Waals surface area contributed by atoms with Gasteiger partial charge in [0.1, 0.15) is 22.5 Å². The number of hydrogen-bond donors (Lipinski definition) is 1. The molecule has 180 valence electrons. The molecule has 0 saturated carbocycles. The molecule has 1 amide bonds. The largest absolute Gasteiger partial charge is 0.496 e. The van der Waals surface area contributed by atoms with E-state index in [1.165, 1.54) is 17.3 Å². The first kappa shape index (κ1) is 25.0. The topological polar surface area (TPSA) is 96.4 Å². The first-order chi connectivity index (χ1) is 15.6. The predicted octanol–water partition coefficient (Wildman–Crippen LogP) is 2.61. The van der Waals surface area contributed by atoms with Gasteiger partial charge in [0, 0.05) is 38.0 Å². The van der Waals surface area contributed by atoms with Crippen LogP contribution in [0.4, 0.5) is 0 Å². The van der Waals surface area contributed by atoms with E-state index in [9.17, 15) is 18.3 Å². The van der Waals surface area contributed by atoms with Crippen LogP contribution in [0.25, 0.3) is 11.1 Å². The van der Waals surface area contributed by atoms with Crippen molar-refractivity contribution in [1.82, 2.24) is 9.21 Å². The maximum absolute atomic E-state index is 13.6. The Morgan fingerprint density at radius 3 is 2.64 bits per heavy atom. The molecular formula is C24H32N2O6S. The first-order valence-corrected chi connectivity index (χ1v) is 12.3. The van der Waals surface area contributed by atoms with Crippen molar-refractivity contribution in [2.24, 2.45) is 5.92 Å². The van der Waals surface area contributed by atoms with Gasteiger partial charge in [-0.25, -0.2) is 8.42 Å². The fourth-order valence-corrected chi connectivity index (χ4v) is 5.72. The van der Waals surface area contributed by atoms with E-state index < -0.39 is 22.2 Å². The number of aliphatic hydroxyl groups is 1. The molecule has 0 spiro atoms. The minimum Gasteiger partial charge on any atom is -0.496 e. The number of methoxy groups -OCH3 is 1. The van der Waals surface area contributed by atoms with Crippen molar-refractivity contribution in [2.75, 3.05) is 33.9 Å². The van der Waals surface area contributed by atoms with Gasteiger partial charge in [0.25, 0.3) is 0 Å². The van der Waals surface area contributed by atoms with Gasteiger partial charge in [-0.3, -0.25) is 4.79 Å². The third-order valence-corrected chi connectivity index (χ3v) is 8.10. The van der Waals surface area contributed by atoms with E-state index in [0.717, 1.165) is 11.1 Å². The van der Waals surface area contributed by atoms with E-state index in [1.807, 2.05) is 31.2 Å². The van der Waals surface area contributed by atoms with Crippen LogP contribution in [0.1, 0.15) is 20.8 Å². The van der Waals surface area contributed by atoms with Gasteiger partial charge in [-0.1, -0.05) is 31.2 Å². The minimum atomic E-state index is -3.93. The molecule has 1 aliphatic heterocycles. The highest BCUT2D eigenvalue weighted by molar-refractivity contribution is 7.89. The average Bonchev–Trinajstić information content (AvgIpc) is 2.80. The Hall–Kier alpha value is -2.62. The van der Waals surface area contributed by atoms with Gasteiger partial charge in [0.15, 0.2) is 0 Å². The Kier molecular flexibility index (Phi) is 7.66. The molecule has 2 aromatic rings. The molecule has 0 radical (unpaired) electrons. The Bertz CT molecular complexity index is 1100. The van der Waals surface area contributed by atoms with Crippen LogP contribution >= 0.6 is 0 Å². The molecular weight excluding hydrogens is 444 g/mol. The lowest BCUT2D eigenvalue weighted by Crippen LogP contribution is -2.50. The molecule has 1 heterocycles. The van der Waals surface area contributed by atoms with Gasteiger partial charge in [-0.2, -0.15) is 4.31 Å². The van der Waals surface area contributed by atoms with Gasteiger partial charge in [-0.05, 0) is 30.7 Å². The molecule has 3 atom stereocenters. The summed E-state index contributed by atoms with van der Waals surface area (Å²) in [5.41, 5.74) is 1.55. The number of carbonyl (C=O) groups excluding carboxylic acids is 1. The van der Waals surface area contributed by atoms with Crippen LogP contribution in [0, 0.1) is 5.92 Å². The number of carbonyl (C=O) groups is 1. The molecule has 8 nitrogen and oxygen atoms in total. The van der Waals surface area contributed by atoms with Crippen LogP contribution in [-0.2, 0) is 14.8 Å². The SMILES string of the molecule is COc1ccccc1-c1ccc2c(c1)O[C@@H](CN(C)C(C)=O)[C@H](C)CN([C@@H](C)CO)S2(=O)=O. The highest BCUT2D eigenvalue weighted by Crippen LogP contribution is 2.38. The number of sulfonamides is 1. The molecule has 9 heteroatoms. The van der Waals surface area contributed by atoms with E-state index in [-0.39, 0.29) is 35.6 Å². The Balaban J connectivity index is 2.17. The van der Waals surface area contributed by atoms with Crippen molar-refractivity contribution >= 4 is 15.9 Å². The number of aliphatic hydroxyl groups excluding tert-OH is 1. The smallest absolute Gasteiger partial charge is 0.247 e. The normalized spacial score (nSPS) is 21.2. The molecule has 0 aromatic heterocycles. The third-order valence-electron chi connectivity index (χ3n) is 6.08. The van der Waals surface area contributed by atoms with Crippen molar-refractivity contribution < 1.29 is 27.8 Å². The molecule has 1 aliphatic rings. The third kappa shape index (κ3) is 5.15. The highest BCUT2D eigenvalue weighted by atomic mass is 32.2. The summed E-state index contributed by atoms with van der Waals surface area (Å²) in [6.45, 7) is 5.20. The van der Waals surface area contributed by atoms with Crippen molar-refractivity contribution in [3.05, 3.63) is 42.5 Å². The van der Waals surface area contributed by atoms with E-state index in [0.29, 0.717) is 12.3 Å². The van der Waals surface area contributed by atoms with Crippen LogP contribution in [0.2, 0.25) is 0 Å². The number of fused-ring (bicyclic) bond motifs is 1. The summed E-state index contributed by atoms with van der Waals surface area (Å²) in [7, 11) is -0.664. The lowest BCUT2D eigenvalue weighted by molar-refractivity contribution is -0.129. The van der Waals surface area contributed by atoms with Crippen LogP contribution in [0.15, 0.2) is 47.4 Å². The van der Waals surface area contributed by atoms with E-state index >= 15 is 0 Å². The number of benzene rings is 2. The number of hydrogen-bond acceptors (Lipinski definition) is 6. The lowest BCUT2D eigenvalue weighted by atomic mass is 10.0. The number of para-hydroxylation sites is 1. The minimum absolute atomic E-state index is 0.0313. The van der Waals surface area contributed by atoms with Crippen LogP contribution in [0.3, 0.4) is 0 Å². The quantitative estimate of drug-likeness (QED) is 0.689. The fraction of sp³-hybridized carbons (Fsp3) is 0.458. The number of ether oxygens (including phenoxy) is 2. The zero-order valence-electron chi connectivity index (χ0n) is 19.7. The molecule has 0 fully saturated rings. The molecule has 0 saturated heterocycles. The lowest BCUT2D eigenvalue weighted by Gasteiger charge is -2.37. The summed E-state index contributed by atoms with van der Waals surface area (Å²) in [4.78, 5) is 13.5. The second-order valence-corrected chi connectivity index (χ2v) is 10.4. The molecule has 0 bridgehead atoms. The zero-order chi connectivity index (χ0) is 24.3. The Morgan fingerprint density at radius 1 is 1.30 bits per heavy atom. The maximum atomic E-state index is 13.6. The summed E-state index contributed by atoms with van der Waals surface area (Å²) in [5.74, 6) is 0.521. The van der Waals surface area contributed by atoms with Crippen LogP contribution < -0.4 is 9.47 Å². The van der Waals surface area contributed by atoms with Gasteiger partial charge >= 0.3 is 0 Å². The molecule has 1 N–H and O–H groups in total. The number of nitrogens with zero attached hydrogens (tertiary/aromatic N) is 2. The molecule has 0 unspecified atom stereocenters. The van der Waals surface area contributed by atoms with Gasteiger partial charge < -0.3 is 19.5 Å². The summed E-state index contributed by atoms with van der Waals surface area (Å²) < 4.78 is 40.2. The summed E-state index contributed by atoms with van der Waals surface area (Å²) in [5, 5.41) is 9.75.